The van der Waals surface area contributed by atoms with Crippen LogP contribution in [-0.2, 0) is 0 Å². The van der Waals surface area contributed by atoms with Crippen LogP contribution in [0.4, 0.5) is 0 Å². The monoisotopic (exact) mass is 299 g/mol. The highest BCUT2D eigenvalue weighted by atomic mass is 35.5. The molecule has 0 aliphatic carbocycles. The van der Waals surface area contributed by atoms with Crippen molar-refractivity contribution in [2.24, 2.45) is 0 Å². The van der Waals surface area contributed by atoms with Crippen molar-refractivity contribution in [2.45, 2.75) is 31.7 Å². The zero-order valence-corrected chi connectivity index (χ0v) is 12.2. The van der Waals surface area contributed by atoms with Gasteiger partial charge in [0.15, 0.2) is 0 Å². The van der Waals surface area contributed by atoms with Crippen molar-refractivity contribution >= 4 is 52.0 Å². The quantitative estimate of drug-likeness (QED) is 0.833. The summed E-state index contributed by atoms with van der Waals surface area (Å²) in [6, 6.07) is 1.55. The summed E-state index contributed by atoms with van der Waals surface area (Å²) in [5.41, 5.74) is -0.113. The van der Waals surface area contributed by atoms with Gasteiger partial charge in [0.25, 0.3) is 5.91 Å². The van der Waals surface area contributed by atoms with Crippen molar-refractivity contribution in [1.29, 1.82) is 0 Å². The van der Waals surface area contributed by atoms with Crippen LogP contribution < -0.4 is 5.32 Å². The van der Waals surface area contributed by atoms with Gasteiger partial charge in [0.1, 0.15) is 4.34 Å². The molecule has 0 fully saturated rings. The van der Waals surface area contributed by atoms with Crippen LogP contribution in [0.2, 0.25) is 8.67 Å². The molecule has 2 nitrogen and oxygen atoms in total. The maximum absolute atomic E-state index is 11.9. The highest BCUT2D eigenvalue weighted by molar-refractivity contribution is 7.20. The maximum atomic E-state index is 11.9. The van der Waals surface area contributed by atoms with Gasteiger partial charge in [-0.05, 0) is 26.8 Å². The van der Waals surface area contributed by atoms with Gasteiger partial charge in [-0.15, -0.1) is 22.9 Å². The zero-order valence-electron chi connectivity index (χ0n) is 9.11. The molecule has 0 saturated carbocycles. The van der Waals surface area contributed by atoms with Gasteiger partial charge in [-0.3, -0.25) is 4.79 Å². The van der Waals surface area contributed by atoms with E-state index in [9.17, 15) is 4.79 Å². The smallest absolute Gasteiger partial charge is 0.254 e. The van der Waals surface area contributed by atoms with Gasteiger partial charge in [-0.25, -0.2) is 0 Å². The number of alkyl halides is 1. The minimum absolute atomic E-state index is 0.190. The third-order valence-electron chi connectivity index (χ3n) is 2.33. The molecule has 0 spiro atoms. The first kappa shape index (κ1) is 14.1. The van der Waals surface area contributed by atoms with Gasteiger partial charge >= 0.3 is 0 Å². The Morgan fingerprint density at radius 3 is 2.44 bits per heavy atom. The normalized spacial score (nSPS) is 13.6. The number of rotatable bonds is 3. The molecule has 1 rings (SSSR count). The SMILES string of the molecule is CC(Cl)C(C)(C)NC(=O)c1cc(Cl)sc1Cl. The Balaban J connectivity index is 2.85. The summed E-state index contributed by atoms with van der Waals surface area (Å²) in [4.78, 5) is 11.9. The topological polar surface area (TPSA) is 29.1 Å². The predicted octanol–water partition coefficient (Wildman–Crippen LogP) is 4.19. The van der Waals surface area contributed by atoms with E-state index in [2.05, 4.69) is 5.32 Å². The van der Waals surface area contributed by atoms with Crippen molar-refractivity contribution in [1.82, 2.24) is 5.32 Å². The molecule has 6 heteroatoms. The van der Waals surface area contributed by atoms with E-state index in [1.807, 2.05) is 20.8 Å². The lowest BCUT2D eigenvalue weighted by Crippen LogP contribution is -2.49. The largest absolute Gasteiger partial charge is 0.346 e. The van der Waals surface area contributed by atoms with E-state index in [1.165, 1.54) is 11.3 Å². The average Bonchev–Trinajstić information content (AvgIpc) is 2.44. The average molecular weight is 301 g/mol. The highest BCUT2D eigenvalue weighted by Gasteiger charge is 2.27. The van der Waals surface area contributed by atoms with Gasteiger partial charge in [-0.2, -0.15) is 0 Å². The Kier molecular flexibility index (Phi) is 4.52. The highest BCUT2D eigenvalue weighted by Crippen LogP contribution is 2.31. The summed E-state index contributed by atoms with van der Waals surface area (Å²) in [5.74, 6) is -0.259. The van der Waals surface area contributed by atoms with Crippen LogP contribution in [-0.4, -0.2) is 16.8 Å². The van der Waals surface area contributed by atoms with Crippen LogP contribution in [0.15, 0.2) is 6.07 Å². The first-order valence-electron chi connectivity index (χ1n) is 4.65. The van der Waals surface area contributed by atoms with Crippen molar-refractivity contribution in [3.63, 3.8) is 0 Å². The number of hydrogen-bond acceptors (Lipinski definition) is 2. The molecule has 1 aromatic rings. The van der Waals surface area contributed by atoms with E-state index in [-0.39, 0.29) is 11.3 Å². The molecule has 1 aromatic heterocycles. The Labute approximate surface area is 114 Å². The molecule has 1 unspecified atom stereocenters. The zero-order chi connectivity index (χ0) is 12.5. The Morgan fingerprint density at radius 1 is 1.50 bits per heavy atom. The second-order valence-corrected chi connectivity index (χ2v) is 6.97. The van der Waals surface area contributed by atoms with Gasteiger partial charge < -0.3 is 5.32 Å². The number of hydrogen-bond donors (Lipinski definition) is 1. The van der Waals surface area contributed by atoms with Crippen LogP contribution in [0.25, 0.3) is 0 Å². The molecule has 0 aliphatic heterocycles. The Morgan fingerprint density at radius 2 is 2.06 bits per heavy atom. The van der Waals surface area contributed by atoms with Crippen molar-refractivity contribution in [3.8, 4) is 0 Å². The molecule has 0 saturated heterocycles. The van der Waals surface area contributed by atoms with Gasteiger partial charge in [-0.1, -0.05) is 23.2 Å². The molecule has 0 aliphatic rings. The Hall–Kier alpha value is 0.0400. The first-order chi connectivity index (χ1) is 7.24. The Bertz CT molecular complexity index is 401. The van der Waals surface area contributed by atoms with Crippen LogP contribution in [0.5, 0.6) is 0 Å². The number of amides is 1. The molecule has 0 aromatic carbocycles. The third kappa shape index (κ3) is 3.27. The lowest BCUT2D eigenvalue weighted by molar-refractivity contribution is 0.0913. The number of carbonyl (C=O) groups is 1. The number of nitrogens with one attached hydrogen (secondary N) is 1. The van der Waals surface area contributed by atoms with Crippen molar-refractivity contribution < 1.29 is 4.79 Å². The summed E-state index contributed by atoms with van der Waals surface area (Å²) in [6.07, 6.45) is 0. The van der Waals surface area contributed by atoms with E-state index in [0.717, 1.165) is 0 Å². The van der Waals surface area contributed by atoms with E-state index in [1.54, 1.807) is 6.07 Å². The number of carbonyl (C=O) groups excluding carboxylic acids is 1. The lowest BCUT2D eigenvalue weighted by atomic mass is 10.0. The molecule has 1 amide bonds. The van der Waals surface area contributed by atoms with Gasteiger partial charge in [0, 0.05) is 0 Å². The fourth-order valence-electron chi connectivity index (χ4n) is 0.954. The maximum Gasteiger partial charge on any atom is 0.254 e. The molecular weight excluding hydrogens is 289 g/mol. The molecule has 1 N–H and O–H groups in total. The summed E-state index contributed by atoms with van der Waals surface area (Å²) < 4.78 is 0.882. The van der Waals surface area contributed by atoms with Crippen LogP contribution in [0.3, 0.4) is 0 Å². The first-order valence-corrected chi connectivity index (χ1v) is 6.66. The van der Waals surface area contributed by atoms with E-state index >= 15 is 0 Å². The fourth-order valence-corrected chi connectivity index (χ4v) is 2.47. The lowest BCUT2D eigenvalue weighted by Gasteiger charge is -2.28. The van der Waals surface area contributed by atoms with E-state index < -0.39 is 5.54 Å². The molecule has 1 heterocycles. The molecule has 0 radical (unpaired) electrons. The third-order valence-corrected chi connectivity index (χ3v) is 4.36. The summed E-state index contributed by atoms with van der Waals surface area (Å²) >= 11 is 18.8. The van der Waals surface area contributed by atoms with Crippen molar-refractivity contribution in [2.75, 3.05) is 0 Å². The summed E-state index contributed by atoms with van der Waals surface area (Å²) in [5, 5.41) is 2.63. The van der Waals surface area contributed by atoms with Crippen LogP contribution in [0, 0.1) is 0 Å². The second-order valence-electron chi connectivity index (χ2n) is 4.03. The van der Waals surface area contributed by atoms with E-state index in [0.29, 0.717) is 14.2 Å². The van der Waals surface area contributed by atoms with Crippen molar-refractivity contribution in [3.05, 3.63) is 20.3 Å². The van der Waals surface area contributed by atoms with Gasteiger partial charge in [0.05, 0.1) is 20.8 Å². The standard InChI is InChI=1S/C10H12Cl3NOS/c1-5(11)10(2,3)14-9(15)6-4-7(12)16-8(6)13/h4-5H,1-3H3,(H,14,15). The molecule has 16 heavy (non-hydrogen) atoms. The van der Waals surface area contributed by atoms with Crippen LogP contribution in [0.1, 0.15) is 31.1 Å². The number of thiophene rings is 1. The molecular formula is C10H12Cl3NOS. The minimum atomic E-state index is -0.504. The summed E-state index contributed by atoms with van der Waals surface area (Å²) in [6.45, 7) is 5.53. The van der Waals surface area contributed by atoms with Gasteiger partial charge in [0.2, 0.25) is 0 Å². The van der Waals surface area contributed by atoms with E-state index in [4.69, 9.17) is 34.8 Å². The molecule has 1 atom stereocenters. The molecule has 90 valence electrons. The van der Waals surface area contributed by atoms with Crippen LogP contribution >= 0.6 is 46.1 Å². The fraction of sp³-hybridized carbons (Fsp3) is 0.500. The molecule has 0 bridgehead atoms. The number of halogens is 3. The predicted molar refractivity (Wildman–Crippen MR) is 71.2 cm³/mol. The second kappa shape index (κ2) is 5.13. The minimum Gasteiger partial charge on any atom is -0.346 e. The summed E-state index contributed by atoms with van der Waals surface area (Å²) in [7, 11) is 0.